The lowest BCUT2D eigenvalue weighted by atomic mass is 10.1. The van der Waals surface area contributed by atoms with E-state index in [1.807, 2.05) is 24.3 Å². The summed E-state index contributed by atoms with van der Waals surface area (Å²) in [6.45, 7) is 1.19. The van der Waals surface area contributed by atoms with E-state index >= 15 is 0 Å². The highest BCUT2D eigenvalue weighted by molar-refractivity contribution is 5.87. The van der Waals surface area contributed by atoms with Crippen molar-refractivity contribution in [2.24, 2.45) is 0 Å². The fourth-order valence-corrected chi connectivity index (χ4v) is 2.63. The molecular weight excluding hydrogens is 242 g/mol. The van der Waals surface area contributed by atoms with Crippen molar-refractivity contribution in [3.05, 3.63) is 36.1 Å². The predicted octanol–water partition coefficient (Wildman–Crippen LogP) is 1.96. The van der Waals surface area contributed by atoms with Crippen LogP contribution in [0.5, 0.6) is 0 Å². The summed E-state index contributed by atoms with van der Waals surface area (Å²) in [6.07, 6.45) is 3.28. The van der Waals surface area contributed by atoms with Crippen LogP contribution in [0.4, 0.5) is 0 Å². The number of likely N-dealkylation sites (tertiary alicyclic amines) is 1. The zero-order valence-corrected chi connectivity index (χ0v) is 10.7. The molecule has 3 rings (SSSR count). The molecule has 4 heteroatoms. The van der Waals surface area contributed by atoms with E-state index in [0.717, 1.165) is 35.9 Å². The number of rotatable bonds is 2. The fraction of sp³-hybridized carbons (Fsp3) is 0.400. The van der Waals surface area contributed by atoms with Crippen molar-refractivity contribution in [1.29, 1.82) is 0 Å². The largest absolute Gasteiger partial charge is 0.464 e. The summed E-state index contributed by atoms with van der Waals surface area (Å²) in [5.41, 5.74) is 1.73. The summed E-state index contributed by atoms with van der Waals surface area (Å²) in [7, 11) is 0. The van der Waals surface area contributed by atoms with Gasteiger partial charge in [-0.3, -0.25) is 4.79 Å². The van der Waals surface area contributed by atoms with Crippen molar-refractivity contribution in [3.63, 3.8) is 0 Å². The number of amides is 1. The molecular formula is C15H17NO3. The highest BCUT2D eigenvalue weighted by Gasteiger charge is 2.22. The molecule has 1 amide bonds. The molecule has 1 unspecified atom stereocenters. The molecule has 0 radical (unpaired) electrons. The number of carbonyl (C=O) groups is 1. The first kappa shape index (κ1) is 12.2. The summed E-state index contributed by atoms with van der Waals surface area (Å²) in [5, 5.41) is 10.6. The van der Waals surface area contributed by atoms with E-state index in [9.17, 15) is 9.90 Å². The number of aliphatic hydroxyl groups is 1. The minimum atomic E-state index is -0.376. The lowest BCUT2D eigenvalue weighted by Crippen LogP contribution is -2.42. The van der Waals surface area contributed by atoms with Crippen molar-refractivity contribution in [3.8, 4) is 0 Å². The molecule has 1 aliphatic heterocycles. The number of hydrogen-bond acceptors (Lipinski definition) is 3. The first-order valence-electron chi connectivity index (χ1n) is 6.65. The Morgan fingerprint density at radius 1 is 1.42 bits per heavy atom. The standard InChI is InChI=1S/C15H17NO3/c17-12-4-3-7-16(9-12)15(18)8-11-10-19-14-6-2-1-5-13(11)14/h1-2,5-6,10,12,17H,3-4,7-9H2. The zero-order valence-electron chi connectivity index (χ0n) is 10.7. The second-order valence-corrected chi connectivity index (χ2v) is 5.07. The van der Waals surface area contributed by atoms with E-state index < -0.39 is 0 Å². The van der Waals surface area contributed by atoms with E-state index in [2.05, 4.69) is 0 Å². The van der Waals surface area contributed by atoms with E-state index in [1.165, 1.54) is 0 Å². The van der Waals surface area contributed by atoms with Gasteiger partial charge in [-0.2, -0.15) is 0 Å². The van der Waals surface area contributed by atoms with Gasteiger partial charge < -0.3 is 14.4 Å². The smallest absolute Gasteiger partial charge is 0.227 e. The molecule has 1 aromatic carbocycles. The molecule has 100 valence electrons. The summed E-state index contributed by atoms with van der Waals surface area (Å²) >= 11 is 0. The number of hydrogen-bond donors (Lipinski definition) is 1. The third kappa shape index (κ3) is 2.49. The maximum absolute atomic E-state index is 12.2. The van der Waals surface area contributed by atoms with Crippen LogP contribution in [0.1, 0.15) is 18.4 Å². The monoisotopic (exact) mass is 259 g/mol. The van der Waals surface area contributed by atoms with Gasteiger partial charge in [0.25, 0.3) is 0 Å². The van der Waals surface area contributed by atoms with Crippen LogP contribution >= 0.6 is 0 Å². The molecule has 2 heterocycles. The van der Waals surface area contributed by atoms with Crippen molar-refractivity contribution in [1.82, 2.24) is 4.90 Å². The van der Waals surface area contributed by atoms with Gasteiger partial charge in [0, 0.05) is 24.0 Å². The Balaban J connectivity index is 1.75. The lowest BCUT2D eigenvalue weighted by Gasteiger charge is -2.30. The van der Waals surface area contributed by atoms with Gasteiger partial charge >= 0.3 is 0 Å². The third-order valence-corrected chi connectivity index (χ3v) is 3.65. The molecule has 1 N–H and O–H groups in total. The van der Waals surface area contributed by atoms with Crippen LogP contribution < -0.4 is 0 Å². The topological polar surface area (TPSA) is 53.7 Å². The normalized spacial score (nSPS) is 19.8. The Morgan fingerprint density at radius 2 is 2.26 bits per heavy atom. The van der Waals surface area contributed by atoms with Crippen molar-refractivity contribution < 1.29 is 14.3 Å². The average molecular weight is 259 g/mol. The van der Waals surface area contributed by atoms with Gasteiger partial charge in [0.15, 0.2) is 0 Å². The number of piperidine rings is 1. The number of benzene rings is 1. The summed E-state index contributed by atoms with van der Waals surface area (Å²) in [6, 6.07) is 7.72. The highest BCUT2D eigenvalue weighted by Crippen LogP contribution is 2.22. The summed E-state index contributed by atoms with van der Waals surface area (Å²) < 4.78 is 5.44. The van der Waals surface area contributed by atoms with Crippen LogP contribution in [0.3, 0.4) is 0 Å². The predicted molar refractivity (Wildman–Crippen MR) is 71.7 cm³/mol. The molecule has 2 aromatic rings. The minimum Gasteiger partial charge on any atom is -0.464 e. The van der Waals surface area contributed by atoms with Crippen LogP contribution in [0.25, 0.3) is 11.0 Å². The van der Waals surface area contributed by atoms with Crippen molar-refractivity contribution in [2.75, 3.05) is 13.1 Å². The first-order valence-corrected chi connectivity index (χ1v) is 6.65. The zero-order chi connectivity index (χ0) is 13.2. The lowest BCUT2D eigenvalue weighted by molar-refractivity contribution is -0.133. The average Bonchev–Trinajstić information content (AvgIpc) is 2.82. The molecule has 19 heavy (non-hydrogen) atoms. The molecule has 0 aliphatic carbocycles. The van der Waals surface area contributed by atoms with Crippen LogP contribution in [0, 0.1) is 0 Å². The van der Waals surface area contributed by atoms with Gasteiger partial charge in [-0.15, -0.1) is 0 Å². The summed E-state index contributed by atoms with van der Waals surface area (Å²) in [4.78, 5) is 14.0. The van der Waals surface area contributed by atoms with Gasteiger partial charge in [0.1, 0.15) is 5.58 Å². The first-order chi connectivity index (χ1) is 9.24. The molecule has 1 aromatic heterocycles. The molecule has 4 nitrogen and oxygen atoms in total. The Kier molecular flexibility index (Phi) is 3.25. The van der Waals surface area contributed by atoms with Crippen LogP contribution in [-0.4, -0.2) is 35.1 Å². The number of β-amino-alcohol motifs (C(OH)–C–C–N with tert-alkyl or cyclic N) is 1. The van der Waals surface area contributed by atoms with Gasteiger partial charge in [0.2, 0.25) is 5.91 Å². The maximum Gasteiger partial charge on any atom is 0.227 e. The number of fused-ring (bicyclic) bond motifs is 1. The molecule has 0 bridgehead atoms. The third-order valence-electron chi connectivity index (χ3n) is 3.65. The van der Waals surface area contributed by atoms with Crippen molar-refractivity contribution in [2.45, 2.75) is 25.4 Å². The molecule has 1 atom stereocenters. The minimum absolute atomic E-state index is 0.0605. The Hall–Kier alpha value is -1.81. The fourth-order valence-electron chi connectivity index (χ4n) is 2.63. The van der Waals surface area contributed by atoms with Crippen LogP contribution in [0.15, 0.2) is 34.9 Å². The number of nitrogens with zero attached hydrogens (tertiary/aromatic N) is 1. The maximum atomic E-state index is 12.2. The number of aliphatic hydroxyl groups excluding tert-OH is 1. The van der Waals surface area contributed by atoms with Crippen LogP contribution in [0.2, 0.25) is 0 Å². The van der Waals surface area contributed by atoms with Crippen molar-refractivity contribution >= 4 is 16.9 Å². The van der Waals surface area contributed by atoms with E-state index in [0.29, 0.717) is 13.0 Å². The van der Waals surface area contributed by atoms with E-state index in [4.69, 9.17) is 4.42 Å². The van der Waals surface area contributed by atoms with E-state index in [-0.39, 0.29) is 12.0 Å². The molecule has 0 saturated carbocycles. The second kappa shape index (κ2) is 5.05. The number of para-hydroxylation sites is 1. The molecule has 0 spiro atoms. The molecule has 1 fully saturated rings. The number of carbonyl (C=O) groups excluding carboxylic acids is 1. The Labute approximate surface area is 111 Å². The van der Waals surface area contributed by atoms with Gasteiger partial charge in [0.05, 0.1) is 18.8 Å². The summed E-state index contributed by atoms with van der Waals surface area (Å²) in [5.74, 6) is 0.0605. The van der Waals surface area contributed by atoms with Gasteiger partial charge in [-0.1, -0.05) is 18.2 Å². The van der Waals surface area contributed by atoms with Crippen LogP contribution in [-0.2, 0) is 11.2 Å². The van der Waals surface area contributed by atoms with Gasteiger partial charge in [-0.25, -0.2) is 0 Å². The SMILES string of the molecule is O=C(Cc1coc2ccccc12)N1CCCC(O)C1. The Bertz CT molecular complexity index is 590. The number of furan rings is 1. The quantitative estimate of drug-likeness (QED) is 0.897. The Morgan fingerprint density at radius 3 is 3.11 bits per heavy atom. The molecule has 1 saturated heterocycles. The van der Waals surface area contributed by atoms with E-state index in [1.54, 1.807) is 11.2 Å². The van der Waals surface area contributed by atoms with Gasteiger partial charge in [-0.05, 0) is 18.9 Å². The second-order valence-electron chi connectivity index (χ2n) is 5.07. The highest BCUT2D eigenvalue weighted by atomic mass is 16.3. The molecule has 1 aliphatic rings.